The van der Waals surface area contributed by atoms with E-state index in [0.717, 1.165) is 37.2 Å². The molecule has 0 amide bonds. The average Bonchev–Trinajstić information content (AvgIpc) is 2.68. The molecule has 0 unspecified atom stereocenters. The van der Waals surface area contributed by atoms with Crippen molar-refractivity contribution >= 4 is 0 Å². The van der Waals surface area contributed by atoms with E-state index in [1.54, 1.807) is 12.3 Å². The van der Waals surface area contributed by atoms with E-state index in [-0.39, 0.29) is 0 Å². The molecule has 0 bridgehead atoms. The molecule has 0 radical (unpaired) electrons. The molecule has 1 aromatic heterocycles. The van der Waals surface area contributed by atoms with Gasteiger partial charge < -0.3 is 9.47 Å². The fraction of sp³-hybridized carbons (Fsp3) is 0.545. The highest BCUT2D eigenvalue weighted by atomic mass is 16.5. The van der Waals surface area contributed by atoms with Crippen molar-refractivity contribution < 1.29 is 9.47 Å². The molecule has 1 heterocycles. The van der Waals surface area contributed by atoms with E-state index in [2.05, 4.69) is 23.8 Å². The molecule has 0 saturated carbocycles. The molecule has 1 aromatic carbocycles. The lowest BCUT2D eigenvalue weighted by Gasteiger charge is -2.08. The number of unbranched alkanes of at least 4 members (excludes halogenated alkanes) is 6. The van der Waals surface area contributed by atoms with Crippen molar-refractivity contribution in [2.24, 2.45) is 0 Å². The second kappa shape index (κ2) is 12.3. The van der Waals surface area contributed by atoms with Crippen LogP contribution >= 0.6 is 0 Å². The SMILES string of the molecule is CCCCCCCCOc1ccc(-c2nccc(OCCCC)n2)cc1. The fourth-order valence-corrected chi connectivity index (χ4v) is 2.66. The first-order chi connectivity index (χ1) is 12.8. The van der Waals surface area contributed by atoms with Gasteiger partial charge in [0.25, 0.3) is 0 Å². The molecule has 2 rings (SSSR count). The molecule has 4 nitrogen and oxygen atoms in total. The van der Waals surface area contributed by atoms with Crippen molar-refractivity contribution in [3.8, 4) is 23.0 Å². The van der Waals surface area contributed by atoms with Crippen molar-refractivity contribution in [3.63, 3.8) is 0 Å². The van der Waals surface area contributed by atoms with Gasteiger partial charge in [-0.3, -0.25) is 0 Å². The Morgan fingerprint density at radius 3 is 2.19 bits per heavy atom. The van der Waals surface area contributed by atoms with E-state index in [0.29, 0.717) is 18.3 Å². The first-order valence-electron chi connectivity index (χ1n) is 10.0. The van der Waals surface area contributed by atoms with Crippen LogP contribution in [-0.2, 0) is 0 Å². The van der Waals surface area contributed by atoms with E-state index >= 15 is 0 Å². The zero-order valence-corrected chi connectivity index (χ0v) is 16.2. The van der Waals surface area contributed by atoms with Gasteiger partial charge in [0.15, 0.2) is 5.82 Å². The Balaban J connectivity index is 1.78. The summed E-state index contributed by atoms with van der Waals surface area (Å²) >= 11 is 0. The third-order valence-corrected chi connectivity index (χ3v) is 4.26. The van der Waals surface area contributed by atoms with Crippen molar-refractivity contribution in [1.29, 1.82) is 0 Å². The summed E-state index contributed by atoms with van der Waals surface area (Å²) in [4.78, 5) is 8.83. The Hall–Kier alpha value is -2.10. The van der Waals surface area contributed by atoms with Gasteiger partial charge in [-0.15, -0.1) is 0 Å². The monoisotopic (exact) mass is 356 g/mol. The van der Waals surface area contributed by atoms with Crippen molar-refractivity contribution in [2.45, 2.75) is 65.2 Å². The van der Waals surface area contributed by atoms with Crippen LogP contribution in [-0.4, -0.2) is 23.2 Å². The van der Waals surface area contributed by atoms with Crippen molar-refractivity contribution in [1.82, 2.24) is 9.97 Å². The average molecular weight is 357 g/mol. The number of rotatable bonds is 13. The van der Waals surface area contributed by atoms with Crippen LogP contribution in [0.5, 0.6) is 11.6 Å². The van der Waals surface area contributed by atoms with Gasteiger partial charge >= 0.3 is 0 Å². The van der Waals surface area contributed by atoms with E-state index < -0.39 is 0 Å². The Morgan fingerprint density at radius 2 is 1.42 bits per heavy atom. The molecule has 0 aliphatic rings. The molecule has 0 fully saturated rings. The molecule has 0 aliphatic heterocycles. The van der Waals surface area contributed by atoms with Gasteiger partial charge in [-0.2, -0.15) is 4.98 Å². The predicted molar refractivity (Wildman–Crippen MR) is 107 cm³/mol. The number of nitrogens with zero attached hydrogens (tertiary/aromatic N) is 2. The molecule has 4 heteroatoms. The van der Waals surface area contributed by atoms with Gasteiger partial charge in [-0.1, -0.05) is 52.4 Å². The van der Waals surface area contributed by atoms with Crippen LogP contribution in [0.3, 0.4) is 0 Å². The maximum absolute atomic E-state index is 5.83. The summed E-state index contributed by atoms with van der Waals surface area (Å²) in [7, 11) is 0. The van der Waals surface area contributed by atoms with E-state index in [1.165, 1.54) is 32.1 Å². The highest BCUT2D eigenvalue weighted by molar-refractivity contribution is 5.56. The summed E-state index contributed by atoms with van der Waals surface area (Å²) < 4.78 is 11.5. The maximum atomic E-state index is 5.83. The van der Waals surface area contributed by atoms with Crippen LogP contribution in [0.4, 0.5) is 0 Å². The topological polar surface area (TPSA) is 44.2 Å². The Bertz CT molecular complexity index is 614. The van der Waals surface area contributed by atoms with Gasteiger partial charge in [0.05, 0.1) is 13.2 Å². The smallest absolute Gasteiger partial charge is 0.216 e. The first kappa shape index (κ1) is 20.2. The Labute approximate surface area is 158 Å². The highest BCUT2D eigenvalue weighted by Gasteiger charge is 2.04. The number of hydrogen-bond acceptors (Lipinski definition) is 4. The lowest BCUT2D eigenvalue weighted by Crippen LogP contribution is -2.00. The van der Waals surface area contributed by atoms with Crippen LogP contribution < -0.4 is 9.47 Å². The maximum Gasteiger partial charge on any atom is 0.216 e. The van der Waals surface area contributed by atoms with Crippen molar-refractivity contribution in [3.05, 3.63) is 36.5 Å². The van der Waals surface area contributed by atoms with Gasteiger partial charge in [0.1, 0.15) is 5.75 Å². The number of ether oxygens (including phenoxy) is 2. The van der Waals surface area contributed by atoms with Crippen LogP contribution in [0, 0.1) is 0 Å². The van der Waals surface area contributed by atoms with Crippen LogP contribution in [0.25, 0.3) is 11.4 Å². The molecule has 2 aromatic rings. The predicted octanol–water partition coefficient (Wildman–Crippen LogP) is 6.06. The standard InChI is InChI=1S/C22H32N2O2/c1-3-5-7-8-9-10-18-25-20-13-11-19(12-14-20)22-23-16-15-21(24-22)26-17-6-4-2/h11-16H,3-10,17-18H2,1-2H3. The molecule has 0 aliphatic carbocycles. The largest absolute Gasteiger partial charge is 0.494 e. The number of hydrogen-bond donors (Lipinski definition) is 0. The third-order valence-electron chi connectivity index (χ3n) is 4.26. The lowest BCUT2D eigenvalue weighted by atomic mass is 10.1. The van der Waals surface area contributed by atoms with Crippen LogP contribution in [0.1, 0.15) is 65.2 Å². The molecule has 142 valence electrons. The second-order valence-electron chi connectivity index (χ2n) is 6.56. The molecule has 26 heavy (non-hydrogen) atoms. The minimum absolute atomic E-state index is 0.631. The molecular formula is C22H32N2O2. The minimum atomic E-state index is 0.631. The van der Waals surface area contributed by atoms with E-state index in [9.17, 15) is 0 Å². The minimum Gasteiger partial charge on any atom is -0.494 e. The summed E-state index contributed by atoms with van der Waals surface area (Å²) in [5, 5.41) is 0. The lowest BCUT2D eigenvalue weighted by molar-refractivity contribution is 0.297. The summed E-state index contributed by atoms with van der Waals surface area (Å²) in [5.41, 5.74) is 0.970. The van der Waals surface area contributed by atoms with Crippen molar-refractivity contribution in [2.75, 3.05) is 13.2 Å². The second-order valence-corrected chi connectivity index (χ2v) is 6.56. The Kier molecular flexibility index (Phi) is 9.55. The fourth-order valence-electron chi connectivity index (χ4n) is 2.66. The summed E-state index contributed by atoms with van der Waals surface area (Å²) in [6.07, 6.45) is 11.5. The molecule has 0 saturated heterocycles. The quantitative estimate of drug-likeness (QED) is 0.409. The first-order valence-corrected chi connectivity index (χ1v) is 10.0. The van der Waals surface area contributed by atoms with Crippen LogP contribution in [0.2, 0.25) is 0 Å². The summed E-state index contributed by atoms with van der Waals surface area (Å²) in [6, 6.07) is 9.78. The molecule has 0 atom stereocenters. The normalized spacial score (nSPS) is 10.7. The summed E-state index contributed by atoms with van der Waals surface area (Å²) in [5.74, 6) is 2.21. The molecule has 0 N–H and O–H groups in total. The van der Waals surface area contributed by atoms with Gasteiger partial charge in [0.2, 0.25) is 5.88 Å². The highest BCUT2D eigenvalue weighted by Crippen LogP contribution is 2.21. The zero-order chi connectivity index (χ0) is 18.5. The zero-order valence-electron chi connectivity index (χ0n) is 16.2. The third kappa shape index (κ3) is 7.42. The van der Waals surface area contributed by atoms with E-state index in [1.807, 2.05) is 24.3 Å². The van der Waals surface area contributed by atoms with E-state index in [4.69, 9.17) is 9.47 Å². The Morgan fingerprint density at radius 1 is 0.731 bits per heavy atom. The summed E-state index contributed by atoms with van der Waals surface area (Å²) in [6.45, 7) is 5.86. The van der Waals surface area contributed by atoms with Gasteiger partial charge in [-0.25, -0.2) is 4.98 Å². The van der Waals surface area contributed by atoms with Gasteiger partial charge in [-0.05, 0) is 37.1 Å². The van der Waals surface area contributed by atoms with Gasteiger partial charge in [0, 0.05) is 17.8 Å². The van der Waals surface area contributed by atoms with Crippen LogP contribution in [0.15, 0.2) is 36.5 Å². The number of benzene rings is 1. The molecular weight excluding hydrogens is 324 g/mol. The molecule has 0 spiro atoms. The number of aromatic nitrogens is 2.